The van der Waals surface area contributed by atoms with Gasteiger partial charge in [-0.3, -0.25) is 9.59 Å². The van der Waals surface area contributed by atoms with Crippen LogP contribution in [0, 0.1) is 20.8 Å². The lowest BCUT2D eigenvalue weighted by Gasteiger charge is -2.16. The summed E-state index contributed by atoms with van der Waals surface area (Å²) in [6.45, 7) is 6.01. The number of ether oxygens (including phenoxy) is 1. The van der Waals surface area contributed by atoms with E-state index in [1.807, 2.05) is 51.1 Å². The van der Waals surface area contributed by atoms with Crippen LogP contribution in [-0.4, -0.2) is 18.9 Å². The number of hydrogen-bond acceptors (Lipinski definition) is 4. The lowest BCUT2D eigenvalue weighted by molar-refractivity contribution is -0.120. The molecule has 0 spiro atoms. The zero-order chi connectivity index (χ0) is 22.1. The van der Waals surface area contributed by atoms with Gasteiger partial charge >= 0.3 is 0 Å². The zero-order valence-corrected chi connectivity index (χ0v) is 18.0. The molecule has 0 aromatic heterocycles. The molecule has 0 atom stereocenters. The highest BCUT2D eigenvalue weighted by Crippen LogP contribution is 2.34. The van der Waals surface area contributed by atoms with Crippen molar-refractivity contribution in [2.75, 3.05) is 17.3 Å². The lowest BCUT2D eigenvalue weighted by atomic mass is 10.0. The van der Waals surface area contributed by atoms with Crippen molar-refractivity contribution in [2.45, 2.75) is 20.8 Å². The van der Waals surface area contributed by atoms with Gasteiger partial charge in [-0.15, -0.1) is 0 Å². The van der Waals surface area contributed by atoms with Crippen LogP contribution >= 0.6 is 0 Å². The molecule has 2 amide bonds. The number of anilines is 2. The second-order valence-corrected chi connectivity index (χ2v) is 7.68. The summed E-state index contributed by atoms with van der Waals surface area (Å²) >= 11 is 0. The summed E-state index contributed by atoms with van der Waals surface area (Å²) in [5, 5.41) is 3.21. The van der Waals surface area contributed by atoms with Gasteiger partial charge in [0.25, 0.3) is 11.8 Å². The van der Waals surface area contributed by atoms with Crippen molar-refractivity contribution >= 4 is 28.8 Å². The minimum Gasteiger partial charge on any atom is -0.497 e. The van der Waals surface area contributed by atoms with Crippen LogP contribution in [0.3, 0.4) is 0 Å². The van der Waals surface area contributed by atoms with Gasteiger partial charge in [-0.1, -0.05) is 35.9 Å². The maximum Gasteiger partial charge on any atom is 0.282 e. The highest BCUT2D eigenvalue weighted by molar-refractivity contribution is 6.46. The van der Waals surface area contributed by atoms with Crippen LogP contribution in [0.2, 0.25) is 0 Å². The maximum absolute atomic E-state index is 13.5. The van der Waals surface area contributed by atoms with E-state index in [1.54, 1.807) is 43.5 Å². The Bertz CT molecular complexity index is 1190. The van der Waals surface area contributed by atoms with Gasteiger partial charge in [-0.05, 0) is 73.9 Å². The van der Waals surface area contributed by atoms with Crippen molar-refractivity contribution in [3.63, 3.8) is 0 Å². The summed E-state index contributed by atoms with van der Waals surface area (Å²) in [7, 11) is 1.59. The predicted molar refractivity (Wildman–Crippen MR) is 123 cm³/mol. The first kappa shape index (κ1) is 20.4. The molecule has 1 aliphatic rings. The standard InChI is InChI=1S/C26H24N2O3/c1-16-5-11-21(12-6-16)28-25(29)23(19-8-13-22(31-4)14-9-19)24(26(28)30)27-20-10-7-17(2)18(3)15-20/h5-15,27H,1-4H3. The zero-order valence-electron chi connectivity index (χ0n) is 18.0. The van der Waals surface area contributed by atoms with Gasteiger partial charge in [-0.2, -0.15) is 0 Å². The number of nitrogens with one attached hydrogen (secondary N) is 1. The Balaban J connectivity index is 1.81. The predicted octanol–water partition coefficient (Wildman–Crippen LogP) is 5.02. The fraction of sp³-hybridized carbons (Fsp3) is 0.154. The monoisotopic (exact) mass is 412 g/mol. The molecule has 1 N–H and O–H groups in total. The minimum atomic E-state index is -0.377. The van der Waals surface area contributed by atoms with Crippen LogP contribution < -0.4 is 15.0 Å². The third-order valence-corrected chi connectivity index (χ3v) is 5.53. The third-order valence-electron chi connectivity index (χ3n) is 5.53. The van der Waals surface area contributed by atoms with Crippen molar-refractivity contribution in [2.24, 2.45) is 0 Å². The summed E-state index contributed by atoms with van der Waals surface area (Å²) in [5.41, 5.74) is 5.87. The Morgan fingerprint density at radius 2 is 1.45 bits per heavy atom. The van der Waals surface area contributed by atoms with Gasteiger partial charge in [0, 0.05) is 5.69 Å². The summed E-state index contributed by atoms with van der Waals surface area (Å²) < 4.78 is 5.23. The summed E-state index contributed by atoms with van der Waals surface area (Å²) in [4.78, 5) is 28.1. The highest BCUT2D eigenvalue weighted by atomic mass is 16.5. The highest BCUT2D eigenvalue weighted by Gasteiger charge is 2.40. The van der Waals surface area contributed by atoms with Gasteiger partial charge in [0.05, 0.1) is 18.4 Å². The molecule has 0 radical (unpaired) electrons. The molecule has 31 heavy (non-hydrogen) atoms. The van der Waals surface area contributed by atoms with Crippen LogP contribution in [0.1, 0.15) is 22.3 Å². The molecule has 0 saturated carbocycles. The molecule has 5 nitrogen and oxygen atoms in total. The summed E-state index contributed by atoms with van der Waals surface area (Å²) in [6, 6.07) is 20.4. The van der Waals surface area contributed by atoms with E-state index in [0.717, 1.165) is 22.4 Å². The van der Waals surface area contributed by atoms with E-state index in [2.05, 4.69) is 5.32 Å². The van der Waals surface area contributed by atoms with Crippen molar-refractivity contribution in [3.8, 4) is 5.75 Å². The topological polar surface area (TPSA) is 58.6 Å². The van der Waals surface area contributed by atoms with Gasteiger partial charge in [-0.25, -0.2) is 4.90 Å². The Kier molecular flexibility index (Phi) is 5.34. The molecule has 0 fully saturated rings. The van der Waals surface area contributed by atoms with Crippen molar-refractivity contribution < 1.29 is 14.3 Å². The van der Waals surface area contributed by atoms with Crippen LogP contribution in [0.15, 0.2) is 72.4 Å². The van der Waals surface area contributed by atoms with E-state index in [9.17, 15) is 9.59 Å². The number of nitrogens with zero attached hydrogens (tertiary/aromatic N) is 1. The molecule has 5 heteroatoms. The fourth-order valence-corrected chi connectivity index (χ4v) is 3.56. The fourth-order valence-electron chi connectivity index (χ4n) is 3.56. The number of aryl methyl sites for hydroxylation is 3. The molecule has 3 aromatic carbocycles. The van der Waals surface area contributed by atoms with E-state index >= 15 is 0 Å². The smallest absolute Gasteiger partial charge is 0.282 e. The molecule has 0 aliphatic carbocycles. The second-order valence-electron chi connectivity index (χ2n) is 7.68. The van der Waals surface area contributed by atoms with E-state index in [1.165, 1.54) is 4.90 Å². The summed E-state index contributed by atoms with van der Waals surface area (Å²) in [6.07, 6.45) is 0. The van der Waals surface area contributed by atoms with Crippen LogP contribution in [0.4, 0.5) is 11.4 Å². The molecule has 1 aliphatic heterocycles. The average molecular weight is 412 g/mol. The number of hydrogen-bond donors (Lipinski definition) is 1. The molecule has 156 valence electrons. The van der Waals surface area contributed by atoms with E-state index in [-0.39, 0.29) is 17.5 Å². The summed E-state index contributed by atoms with van der Waals surface area (Å²) in [5.74, 6) is -0.0524. The first-order valence-corrected chi connectivity index (χ1v) is 10.1. The molecular formula is C26H24N2O3. The van der Waals surface area contributed by atoms with Crippen LogP contribution in [0.5, 0.6) is 5.75 Å². The van der Waals surface area contributed by atoms with Crippen molar-refractivity contribution in [1.82, 2.24) is 0 Å². The molecule has 0 unspecified atom stereocenters. The number of imide groups is 1. The van der Waals surface area contributed by atoms with Gasteiger partial charge in [0.2, 0.25) is 0 Å². The Labute approximate surface area is 182 Å². The number of benzene rings is 3. The number of methoxy groups -OCH3 is 1. The Morgan fingerprint density at radius 3 is 2.06 bits per heavy atom. The first-order chi connectivity index (χ1) is 14.9. The quantitative estimate of drug-likeness (QED) is 0.598. The van der Waals surface area contributed by atoms with Crippen LogP contribution in [0.25, 0.3) is 5.57 Å². The maximum atomic E-state index is 13.5. The molecule has 1 heterocycles. The number of carbonyl (C=O) groups is 2. The van der Waals surface area contributed by atoms with Crippen molar-refractivity contribution in [1.29, 1.82) is 0 Å². The molecular weight excluding hydrogens is 388 g/mol. The molecule has 0 bridgehead atoms. The molecule has 3 aromatic rings. The molecule has 4 rings (SSSR count). The van der Waals surface area contributed by atoms with Gasteiger partial charge in [0.15, 0.2) is 0 Å². The lowest BCUT2D eigenvalue weighted by Crippen LogP contribution is -2.32. The van der Waals surface area contributed by atoms with E-state index in [0.29, 0.717) is 22.6 Å². The number of amides is 2. The van der Waals surface area contributed by atoms with Crippen molar-refractivity contribution in [3.05, 3.63) is 94.7 Å². The SMILES string of the molecule is COc1ccc(C2=C(Nc3ccc(C)c(C)c3)C(=O)N(c3ccc(C)cc3)C2=O)cc1. The third kappa shape index (κ3) is 3.82. The van der Waals surface area contributed by atoms with E-state index < -0.39 is 0 Å². The van der Waals surface area contributed by atoms with Gasteiger partial charge in [0.1, 0.15) is 11.4 Å². The van der Waals surface area contributed by atoms with Crippen LogP contribution in [-0.2, 0) is 9.59 Å². The number of rotatable bonds is 5. The largest absolute Gasteiger partial charge is 0.497 e. The normalized spacial score (nSPS) is 13.7. The Morgan fingerprint density at radius 1 is 0.774 bits per heavy atom. The first-order valence-electron chi connectivity index (χ1n) is 10.1. The minimum absolute atomic E-state index is 0.263. The second kappa shape index (κ2) is 8.11. The number of carbonyl (C=O) groups excluding carboxylic acids is 2. The van der Waals surface area contributed by atoms with Gasteiger partial charge < -0.3 is 10.1 Å². The Hall–Kier alpha value is -3.86. The average Bonchev–Trinajstić information content (AvgIpc) is 3.01. The van der Waals surface area contributed by atoms with E-state index in [4.69, 9.17) is 4.74 Å². The molecule has 0 saturated heterocycles.